The molecule has 0 bridgehead atoms. The van der Waals surface area contributed by atoms with Crippen LogP contribution >= 0.6 is 0 Å². The van der Waals surface area contributed by atoms with Gasteiger partial charge in [-0.3, -0.25) is 9.79 Å². The Hall–Kier alpha value is -3.29. The van der Waals surface area contributed by atoms with Crippen LogP contribution in [-0.2, 0) is 16.8 Å². The minimum atomic E-state index is -0.865. The standard InChI is InChI=1S/C18H21N7O/c1-5-15-14(24-10-25(15)18(3,4)17(19)26)8-21-11(2)12-7-22-16-13(12)6-20-9-23-16/h6-10H,2,5H2,1,3-4H3,(H2,19,26)(H,20,22,23). The van der Waals surface area contributed by atoms with Crippen molar-refractivity contribution in [1.29, 1.82) is 0 Å². The van der Waals surface area contributed by atoms with Gasteiger partial charge in [0.1, 0.15) is 23.2 Å². The van der Waals surface area contributed by atoms with E-state index in [9.17, 15) is 4.79 Å². The lowest BCUT2D eigenvalue weighted by Gasteiger charge is -2.24. The van der Waals surface area contributed by atoms with Gasteiger partial charge in [-0.15, -0.1) is 0 Å². The van der Waals surface area contributed by atoms with Gasteiger partial charge >= 0.3 is 0 Å². The molecule has 3 rings (SSSR count). The number of nitrogens with zero attached hydrogens (tertiary/aromatic N) is 5. The highest BCUT2D eigenvalue weighted by Crippen LogP contribution is 2.23. The first-order valence-electron chi connectivity index (χ1n) is 8.23. The van der Waals surface area contributed by atoms with Crippen LogP contribution in [0.15, 0.2) is 36.6 Å². The topological polar surface area (TPSA) is 115 Å². The molecule has 0 saturated heterocycles. The molecule has 3 heterocycles. The van der Waals surface area contributed by atoms with Crippen molar-refractivity contribution in [3.8, 4) is 0 Å². The van der Waals surface area contributed by atoms with Crippen LogP contribution in [0, 0.1) is 0 Å². The van der Waals surface area contributed by atoms with E-state index in [0.717, 1.165) is 22.3 Å². The summed E-state index contributed by atoms with van der Waals surface area (Å²) < 4.78 is 1.79. The minimum absolute atomic E-state index is 0.420. The molecule has 0 radical (unpaired) electrons. The average Bonchev–Trinajstić information content (AvgIpc) is 3.23. The van der Waals surface area contributed by atoms with Crippen LogP contribution in [-0.4, -0.2) is 36.6 Å². The SMILES string of the molecule is C=C(N=Cc1ncn(C(C)(C)C(N)=O)c1CC)c1c[nH]c2ncncc12. The summed E-state index contributed by atoms with van der Waals surface area (Å²) in [5.74, 6) is -0.420. The smallest absolute Gasteiger partial charge is 0.243 e. The first-order valence-corrected chi connectivity index (χ1v) is 8.23. The second-order valence-corrected chi connectivity index (χ2v) is 6.42. The molecular weight excluding hydrogens is 330 g/mol. The molecule has 8 heteroatoms. The average molecular weight is 351 g/mol. The molecule has 0 atom stereocenters. The summed E-state index contributed by atoms with van der Waals surface area (Å²) in [7, 11) is 0. The van der Waals surface area contributed by atoms with Crippen LogP contribution in [0.4, 0.5) is 0 Å². The summed E-state index contributed by atoms with van der Waals surface area (Å²) in [5.41, 5.74) is 8.34. The molecule has 3 aromatic heterocycles. The van der Waals surface area contributed by atoms with Gasteiger partial charge < -0.3 is 15.3 Å². The van der Waals surface area contributed by atoms with Crippen molar-refractivity contribution in [1.82, 2.24) is 24.5 Å². The van der Waals surface area contributed by atoms with Crippen LogP contribution in [0.1, 0.15) is 37.7 Å². The molecule has 1 amide bonds. The molecule has 0 aliphatic rings. The van der Waals surface area contributed by atoms with E-state index in [1.807, 2.05) is 6.92 Å². The Morgan fingerprint density at radius 3 is 2.92 bits per heavy atom. The van der Waals surface area contributed by atoms with Crippen molar-refractivity contribution in [3.63, 3.8) is 0 Å². The minimum Gasteiger partial charge on any atom is -0.368 e. The molecule has 0 unspecified atom stereocenters. The molecule has 0 spiro atoms. The number of fused-ring (bicyclic) bond motifs is 1. The van der Waals surface area contributed by atoms with E-state index in [0.29, 0.717) is 17.8 Å². The van der Waals surface area contributed by atoms with Crippen LogP contribution in [0.3, 0.4) is 0 Å². The summed E-state index contributed by atoms with van der Waals surface area (Å²) in [6, 6.07) is 0. The number of nitrogens with one attached hydrogen (secondary N) is 1. The van der Waals surface area contributed by atoms with Crippen LogP contribution in [0.2, 0.25) is 0 Å². The number of aromatic nitrogens is 5. The number of aromatic amines is 1. The quantitative estimate of drug-likeness (QED) is 0.661. The predicted octanol–water partition coefficient (Wildman–Crippen LogP) is 2.03. The number of hydrogen-bond acceptors (Lipinski definition) is 5. The Morgan fingerprint density at radius 2 is 2.23 bits per heavy atom. The lowest BCUT2D eigenvalue weighted by Crippen LogP contribution is -2.41. The highest BCUT2D eigenvalue weighted by atomic mass is 16.1. The van der Waals surface area contributed by atoms with E-state index >= 15 is 0 Å². The maximum absolute atomic E-state index is 11.8. The molecule has 3 N–H and O–H groups in total. The molecule has 134 valence electrons. The number of primary amides is 1. The van der Waals surface area contributed by atoms with Gasteiger partial charge in [0.2, 0.25) is 5.91 Å². The number of amides is 1. The van der Waals surface area contributed by atoms with E-state index in [-0.39, 0.29) is 0 Å². The Balaban J connectivity index is 1.93. The van der Waals surface area contributed by atoms with Gasteiger partial charge in [0.05, 0.1) is 18.2 Å². The van der Waals surface area contributed by atoms with Crippen molar-refractivity contribution >= 4 is 28.9 Å². The zero-order valence-electron chi connectivity index (χ0n) is 15.0. The van der Waals surface area contributed by atoms with Crippen molar-refractivity contribution in [3.05, 3.63) is 48.6 Å². The van der Waals surface area contributed by atoms with Crippen molar-refractivity contribution in [2.75, 3.05) is 0 Å². The lowest BCUT2D eigenvalue weighted by atomic mass is 10.0. The zero-order chi connectivity index (χ0) is 18.9. The highest BCUT2D eigenvalue weighted by molar-refractivity contribution is 5.92. The van der Waals surface area contributed by atoms with E-state index in [1.54, 1.807) is 43.4 Å². The number of nitrogens with two attached hydrogens (primary N) is 1. The molecule has 3 aromatic rings. The monoisotopic (exact) mass is 351 g/mol. The highest BCUT2D eigenvalue weighted by Gasteiger charge is 2.29. The number of H-pyrrole nitrogens is 1. The van der Waals surface area contributed by atoms with E-state index in [4.69, 9.17) is 5.73 Å². The fourth-order valence-electron chi connectivity index (χ4n) is 2.75. The third-order valence-electron chi connectivity index (χ3n) is 4.45. The number of rotatable bonds is 6. The zero-order valence-corrected chi connectivity index (χ0v) is 15.0. The maximum Gasteiger partial charge on any atom is 0.243 e. The molecule has 0 saturated carbocycles. The summed E-state index contributed by atoms with van der Waals surface area (Å²) in [6.07, 6.45) is 8.95. The maximum atomic E-state index is 11.8. The summed E-state index contributed by atoms with van der Waals surface area (Å²) in [6.45, 7) is 9.54. The van der Waals surface area contributed by atoms with Gasteiger partial charge in [0, 0.05) is 29.0 Å². The fourth-order valence-corrected chi connectivity index (χ4v) is 2.75. The summed E-state index contributed by atoms with van der Waals surface area (Å²) in [5, 5.41) is 0.853. The van der Waals surface area contributed by atoms with E-state index in [1.165, 1.54) is 6.33 Å². The van der Waals surface area contributed by atoms with Gasteiger partial charge in [-0.05, 0) is 20.3 Å². The van der Waals surface area contributed by atoms with Crippen LogP contribution in [0.5, 0.6) is 0 Å². The number of imidazole rings is 1. The third-order valence-corrected chi connectivity index (χ3v) is 4.45. The fraction of sp³-hybridized carbons (Fsp3) is 0.278. The number of hydrogen-bond donors (Lipinski definition) is 2. The van der Waals surface area contributed by atoms with E-state index < -0.39 is 11.4 Å². The lowest BCUT2D eigenvalue weighted by molar-refractivity contribution is -0.125. The van der Waals surface area contributed by atoms with Crippen LogP contribution in [0.25, 0.3) is 16.7 Å². The Kier molecular flexibility index (Phi) is 4.41. The number of carbonyl (C=O) groups excluding carboxylic acids is 1. The van der Waals surface area contributed by atoms with Crippen LogP contribution < -0.4 is 5.73 Å². The molecule has 0 aliphatic heterocycles. The largest absolute Gasteiger partial charge is 0.368 e. The molecule has 0 fully saturated rings. The second-order valence-electron chi connectivity index (χ2n) is 6.42. The Morgan fingerprint density at radius 1 is 1.46 bits per heavy atom. The normalized spacial score (nSPS) is 12.1. The van der Waals surface area contributed by atoms with Gasteiger partial charge in [0.15, 0.2) is 0 Å². The first-order chi connectivity index (χ1) is 12.4. The number of aliphatic imine (C=N–C) groups is 1. The van der Waals surface area contributed by atoms with Gasteiger partial charge in [-0.1, -0.05) is 13.5 Å². The Labute approximate surface area is 150 Å². The van der Waals surface area contributed by atoms with Crippen molar-refractivity contribution < 1.29 is 4.79 Å². The van der Waals surface area contributed by atoms with Gasteiger partial charge in [-0.25, -0.2) is 15.0 Å². The van der Waals surface area contributed by atoms with E-state index in [2.05, 4.69) is 31.5 Å². The second kappa shape index (κ2) is 6.55. The summed E-state index contributed by atoms with van der Waals surface area (Å²) >= 11 is 0. The summed E-state index contributed by atoms with van der Waals surface area (Å²) in [4.78, 5) is 31.9. The van der Waals surface area contributed by atoms with Gasteiger partial charge in [0.25, 0.3) is 0 Å². The molecule has 26 heavy (non-hydrogen) atoms. The Bertz CT molecular complexity index is 1010. The van der Waals surface area contributed by atoms with Crippen molar-refractivity contribution in [2.45, 2.75) is 32.7 Å². The molecule has 0 aromatic carbocycles. The molecule has 8 nitrogen and oxygen atoms in total. The molecular formula is C18H21N7O. The predicted molar refractivity (Wildman–Crippen MR) is 101 cm³/mol. The van der Waals surface area contributed by atoms with Crippen molar-refractivity contribution in [2.24, 2.45) is 10.7 Å². The number of carbonyl (C=O) groups is 1. The third kappa shape index (κ3) is 2.90. The first kappa shape index (κ1) is 17.5. The van der Waals surface area contributed by atoms with Gasteiger partial charge in [-0.2, -0.15) is 0 Å². The molecule has 0 aliphatic carbocycles.